The highest BCUT2D eigenvalue weighted by atomic mass is 16.5. The minimum Gasteiger partial charge on any atom is -0.508 e. The summed E-state index contributed by atoms with van der Waals surface area (Å²) in [6, 6.07) is 5.46. The number of ether oxygens (including phenoxy) is 1. The summed E-state index contributed by atoms with van der Waals surface area (Å²) >= 11 is 0. The maximum atomic E-state index is 11.8. The molecule has 4 nitrogen and oxygen atoms in total. The molecule has 0 unspecified atom stereocenters. The van der Waals surface area contributed by atoms with E-state index in [1.54, 1.807) is 6.07 Å². The summed E-state index contributed by atoms with van der Waals surface area (Å²) < 4.78 is 4.88. The number of phenolic OH excluding ortho intramolecular Hbond substituents is 1. The fraction of sp³-hybridized carbons (Fsp3) is 0.533. The Balaban J connectivity index is 2.10. The van der Waals surface area contributed by atoms with Crippen LogP contribution in [0.4, 0.5) is 0 Å². The van der Waals surface area contributed by atoms with E-state index in [9.17, 15) is 9.90 Å². The Bertz CT molecular complexity index is 459. The molecule has 1 atom stereocenters. The van der Waals surface area contributed by atoms with E-state index >= 15 is 0 Å². The van der Waals surface area contributed by atoms with Gasteiger partial charge in [0.15, 0.2) is 0 Å². The molecule has 2 rings (SSSR count). The molecule has 0 amide bonds. The number of aryl methyl sites for hydroxylation is 1. The van der Waals surface area contributed by atoms with Gasteiger partial charge in [0.25, 0.3) is 0 Å². The zero-order valence-electron chi connectivity index (χ0n) is 11.6. The third kappa shape index (κ3) is 3.26. The van der Waals surface area contributed by atoms with Gasteiger partial charge in [-0.05, 0) is 43.5 Å². The van der Waals surface area contributed by atoms with E-state index in [4.69, 9.17) is 4.74 Å². The topological polar surface area (TPSA) is 49.8 Å². The van der Waals surface area contributed by atoms with Crippen LogP contribution < -0.4 is 0 Å². The lowest BCUT2D eigenvalue weighted by molar-refractivity contribution is -0.148. The molecule has 1 aliphatic heterocycles. The van der Waals surface area contributed by atoms with E-state index < -0.39 is 0 Å². The number of carbonyl (C=O) groups excluding carboxylic acids is 1. The van der Waals surface area contributed by atoms with Crippen molar-refractivity contribution in [1.29, 1.82) is 0 Å². The van der Waals surface area contributed by atoms with Gasteiger partial charge in [0.05, 0.1) is 7.11 Å². The number of phenols is 1. The van der Waals surface area contributed by atoms with Crippen molar-refractivity contribution in [1.82, 2.24) is 4.90 Å². The molecule has 1 aliphatic rings. The third-order valence-electron chi connectivity index (χ3n) is 3.73. The number of aromatic hydroxyl groups is 1. The summed E-state index contributed by atoms with van der Waals surface area (Å²) in [5.41, 5.74) is 1.98. The molecule has 1 N–H and O–H groups in total. The Morgan fingerprint density at radius 1 is 1.47 bits per heavy atom. The Hall–Kier alpha value is -1.55. The van der Waals surface area contributed by atoms with Crippen molar-refractivity contribution in [2.45, 2.75) is 38.8 Å². The molecule has 104 valence electrons. The van der Waals surface area contributed by atoms with Gasteiger partial charge in [0, 0.05) is 6.54 Å². The number of nitrogens with zero attached hydrogens (tertiary/aromatic N) is 1. The van der Waals surface area contributed by atoms with Crippen molar-refractivity contribution < 1.29 is 14.6 Å². The lowest BCUT2D eigenvalue weighted by atomic mass is 10.0. The number of piperidine rings is 1. The van der Waals surface area contributed by atoms with Crippen molar-refractivity contribution in [3.63, 3.8) is 0 Å². The van der Waals surface area contributed by atoms with Crippen LogP contribution in [0.15, 0.2) is 18.2 Å². The first kappa shape index (κ1) is 13.9. The number of hydrogen-bond acceptors (Lipinski definition) is 4. The number of rotatable bonds is 3. The lowest BCUT2D eigenvalue weighted by Crippen LogP contribution is -2.44. The summed E-state index contributed by atoms with van der Waals surface area (Å²) in [4.78, 5) is 14.0. The van der Waals surface area contributed by atoms with Gasteiger partial charge in [-0.25, -0.2) is 0 Å². The highest BCUT2D eigenvalue weighted by molar-refractivity contribution is 5.75. The third-order valence-corrected chi connectivity index (χ3v) is 3.73. The fourth-order valence-electron chi connectivity index (χ4n) is 2.63. The largest absolute Gasteiger partial charge is 0.508 e. The van der Waals surface area contributed by atoms with Gasteiger partial charge in [0.1, 0.15) is 11.8 Å². The second kappa shape index (κ2) is 6.06. The highest BCUT2D eigenvalue weighted by Crippen LogP contribution is 2.23. The minimum absolute atomic E-state index is 0.132. The van der Waals surface area contributed by atoms with Gasteiger partial charge in [0.2, 0.25) is 0 Å². The second-order valence-electron chi connectivity index (χ2n) is 5.13. The normalized spacial score (nSPS) is 20.2. The standard InChI is InChI=1S/C15H21NO3/c1-11-9-12(6-7-14(11)17)10-16-8-4-3-5-13(16)15(18)19-2/h6-7,9,13,17H,3-5,8,10H2,1-2H3/t13-/m0/s1. The number of likely N-dealkylation sites (tertiary alicyclic amines) is 1. The smallest absolute Gasteiger partial charge is 0.323 e. The molecule has 1 fully saturated rings. The highest BCUT2D eigenvalue weighted by Gasteiger charge is 2.29. The number of esters is 1. The van der Waals surface area contributed by atoms with Crippen molar-refractivity contribution >= 4 is 5.97 Å². The predicted octanol–water partition coefficient (Wildman–Crippen LogP) is 2.23. The Morgan fingerprint density at radius 3 is 2.95 bits per heavy atom. The van der Waals surface area contributed by atoms with Gasteiger partial charge in [-0.1, -0.05) is 18.6 Å². The molecule has 1 aromatic carbocycles. The zero-order chi connectivity index (χ0) is 13.8. The van der Waals surface area contributed by atoms with E-state index in [1.807, 2.05) is 19.1 Å². The van der Waals surface area contributed by atoms with E-state index in [0.717, 1.165) is 43.5 Å². The van der Waals surface area contributed by atoms with Gasteiger partial charge in [-0.3, -0.25) is 9.69 Å². The Kier molecular flexibility index (Phi) is 4.43. The van der Waals surface area contributed by atoms with E-state index in [-0.39, 0.29) is 12.0 Å². The Labute approximate surface area is 114 Å². The summed E-state index contributed by atoms with van der Waals surface area (Å²) in [6.45, 7) is 3.52. The molecule has 0 spiro atoms. The maximum absolute atomic E-state index is 11.8. The number of benzene rings is 1. The molecule has 0 bridgehead atoms. The van der Waals surface area contributed by atoms with E-state index in [0.29, 0.717) is 5.75 Å². The SMILES string of the molecule is COC(=O)[C@@H]1CCCCN1Cc1ccc(O)c(C)c1. The molecule has 0 radical (unpaired) electrons. The van der Waals surface area contributed by atoms with Crippen LogP contribution in [0, 0.1) is 6.92 Å². The molecule has 0 aliphatic carbocycles. The van der Waals surface area contributed by atoms with E-state index in [2.05, 4.69) is 4.90 Å². The van der Waals surface area contributed by atoms with Crippen molar-refractivity contribution in [2.75, 3.05) is 13.7 Å². The average Bonchev–Trinajstić information content (AvgIpc) is 2.43. The first-order valence-corrected chi connectivity index (χ1v) is 6.72. The van der Waals surface area contributed by atoms with Crippen LogP contribution in [0.3, 0.4) is 0 Å². The van der Waals surface area contributed by atoms with E-state index in [1.165, 1.54) is 7.11 Å². The Morgan fingerprint density at radius 2 is 2.26 bits per heavy atom. The number of carbonyl (C=O) groups is 1. The van der Waals surface area contributed by atoms with Gasteiger partial charge in [-0.15, -0.1) is 0 Å². The monoisotopic (exact) mass is 263 g/mol. The summed E-state index contributed by atoms with van der Waals surface area (Å²) in [6.07, 6.45) is 3.05. The van der Waals surface area contributed by atoms with Gasteiger partial charge in [-0.2, -0.15) is 0 Å². The summed E-state index contributed by atoms with van der Waals surface area (Å²) in [5.74, 6) is 0.169. The molecule has 19 heavy (non-hydrogen) atoms. The van der Waals surface area contributed by atoms with Crippen LogP contribution >= 0.6 is 0 Å². The molecule has 0 saturated carbocycles. The molecular weight excluding hydrogens is 242 g/mol. The summed E-state index contributed by atoms with van der Waals surface area (Å²) in [5, 5.41) is 9.54. The van der Waals surface area contributed by atoms with Crippen LogP contribution in [0.2, 0.25) is 0 Å². The van der Waals surface area contributed by atoms with Gasteiger partial charge < -0.3 is 9.84 Å². The first-order valence-electron chi connectivity index (χ1n) is 6.72. The van der Waals surface area contributed by atoms with Crippen LogP contribution in [0.5, 0.6) is 5.75 Å². The molecule has 1 aromatic rings. The van der Waals surface area contributed by atoms with Crippen LogP contribution in [0.1, 0.15) is 30.4 Å². The number of methoxy groups -OCH3 is 1. The summed E-state index contributed by atoms with van der Waals surface area (Å²) in [7, 11) is 1.44. The van der Waals surface area contributed by atoms with Crippen molar-refractivity contribution in [3.05, 3.63) is 29.3 Å². The average molecular weight is 263 g/mol. The fourth-order valence-corrected chi connectivity index (χ4v) is 2.63. The lowest BCUT2D eigenvalue weighted by Gasteiger charge is -2.33. The van der Waals surface area contributed by atoms with Crippen molar-refractivity contribution in [2.24, 2.45) is 0 Å². The molecule has 0 aromatic heterocycles. The van der Waals surface area contributed by atoms with Crippen LogP contribution in [-0.2, 0) is 16.1 Å². The minimum atomic E-state index is -0.143. The van der Waals surface area contributed by atoms with Crippen LogP contribution in [-0.4, -0.2) is 35.7 Å². The zero-order valence-corrected chi connectivity index (χ0v) is 11.6. The quantitative estimate of drug-likeness (QED) is 0.850. The predicted molar refractivity (Wildman–Crippen MR) is 72.9 cm³/mol. The van der Waals surface area contributed by atoms with Gasteiger partial charge >= 0.3 is 5.97 Å². The molecule has 1 saturated heterocycles. The second-order valence-corrected chi connectivity index (χ2v) is 5.13. The maximum Gasteiger partial charge on any atom is 0.323 e. The van der Waals surface area contributed by atoms with Crippen LogP contribution in [0.25, 0.3) is 0 Å². The first-order chi connectivity index (χ1) is 9.11. The number of hydrogen-bond donors (Lipinski definition) is 1. The molecular formula is C15H21NO3. The van der Waals surface area contributed by atoms with Crippen molar-refractivity contribution in [3.8, 4) is 5.75 Å². The molecule has 1 heterocycles. The molecule has 4 heteroatoms.